The second kappa shape index (κ2) is 9.44. The summed E-state index contributed by atoms with van der Waals surface area (Å²) in [6.07, 6.45) is 1.20. The monoisotopic (exact) mass is 448 g/mol. The number of piperidine rings is 1. The highest BCUT2D eigenvalue weighted by Crippen LogP contribution is 2.27. The molecule has 5 amide bonds. The number of fused-ring (bicyclic) bond motifs is 1. The fourth-order valence-corrected chi connectivity index (χ4v) is 4.42. The number of nitrogens with zero attached hydrogens (tertiary/aromatic N) is 2. The summed E-state index contributed by atoms with van der Waals surface area (Å²) >= 11 is 0. The molecule has 4 rings (SSSR count). The Kier molecular flexibility index (Phi) is 6.44. The van der Waals surface area contributed by atoms with Crippen molar-refractivity contribution in [3.63, 3.8) is 0 Å². The van der Waals surface area contributed by atoms with E-state index in [1.165, 1.54) is 0 Å². The predicted molar refractivity (Wildman–Crippen MR) is 124 cm³/mol. The Morgan fingerprint density at radius 1 is 0.879 bits per heavy atom. The second-order valence-electron chi connectivity index (χ2n) is 8.78. The third-order valence-corrected chi connectivity index (χ3v) is 6.16. The van der Waals surface area contributed by atoms with Crippen molar-refractivity contribution in [1.29, 1.82) is 0 Å². The molecule has 0 aliphatic carbocycles. The van der Waals surface area contributed by atoms with Crippen molar-refractivity contribution in [2.24, 2.45) is 5.92 Å². The number of carbonyl (C=O) groups excluding carboxylic acids is 4. The zero-order valence-electron chi connectivity index (χ0n) is 18.8. The quantitative estimate of drug-likeness (QED) is 0.687. The number of likely N-dealkylation sites (tertiary alicyclic amines) is 1. The van der Waals surface area contributed by atoms with Gasteiger partial charge in [-0.25, -0.2) is 4.79 Å². The molecule has 0 aromatic heterocycles. The minimum Gasteiger partial charge on any atom is -0.351 e. The van der Waals surface area contributed by atoms with Crippen LogP contribution in [-0.2, 0) is 4.79 Å². The van der Waals surface area contributed by atoms with Crippen LogP contribution in [0.4, 0.5) is 10.5 Å². The van der Waals surface area contributed by atoms with Crippen molar-refractivity contribution >= 4 is 29.4 Å². The van der Waals surface area contributed by atoms with E-state index in [0.29, 0.717) is 37.1 Å². The summed E-state index contributed by atoms with van der Waals surface area (Å²) in [6, 6.07) is 14.7. The number of amides is 5. The van der Waals surface area contributed by atoms with E-state index in [1.807, 2.05) is 44.2 Å². The number of benzene rings is 2. The van der Waals surface area contributed by atoms with Crippen LogP contribution in [0.5, 0.6) is 0 Å². The van der Waals surface area contributed by atoms with E-state index in [4.69, 9.17) is 0 Å². The fourth-order valence-electron chi connectivity index (χ4n) is 4.42. The van der Waals surface area contributed by atoms with E-state index < -0.39 is 17.9 Å². The normalized spacial score (nSPS) is 17.2. The van der Waals surface area contributed by atoms with Gasteiger partial charge in [0.05, 0.1) is 11.1 Å². The Hall–Kier alpha value is -3.68. The van der Waals surface area contributed by atoms with Crippen LogP contribution in [0.1, 0.15) is 47.4 Å². The van der Waals surface area contributed by atoms with Crippen LogP contribution in [-0.4, -0.2) is 58.7 Å². The number of para-hydroxylation sites is 1. The Bertz CT molecular complexity index is 1030. The fraction of sp³-hybridized carbons (Fsp3) is 0.360. The molecule has 2 aromatic rings. The third kappa shape index (κ3) is 4.60. The number of carbonyl (C=O) groups is 4. The molecule has 2 aromatic carbocycles. The molecule has 2 N–H and O–H groups in total. The summed E-state index contributed by atoms with van der Waals surface area (Å²) in [5, 5.41) is 5.88. The maximum atomic E-state index is 13.2. The molecule has 2 heterocycles. The molecule has 2 aliphatic rings. The lowest BCUT2D eigenvalue weighted by atomic mass is 9.99. The average Bonchev–Trinajstić information content (AvgIpc) is 3.05. The molecule has 1 fully saturated rings. The Labute approximate surface area is 192 Å². The highest BCUT2D eigenvalue weighted by molar-refractivity contribution is 6.22. The van der Waals surface area contributed by atoms with E-state index in [2.05, 4.69) is 10.6 Å². The van der Waals surface area contributed by atoms with Crippen LogP contribution in [0.15, 0.2) is 54.6 Å². The number of urea groups is 1. The minimum absolute atomic E-state index is 0.130. The van der Waals surface area contributed by atoms with Gasteiger partial charge in [-0.3, -0.25) is 19.3 Å². The lowest BCUT2D eigenvalue weighted by molar-refractivity contribution is -0.127. The SMILES string of the molecule is CC(C)C(C(=O)NC1CCN(C(=O)Nc2ccccc2)CC1)N1C(=O)c2ccccc2C1=O. The number of anilines is 1. The van der Waals surface area contributed by atoms with E-state index >= 15 is 0 Å². The molecule has 1 atom stereocenters. The largest absolute Gasteiger partial charge is 0.351 e. The Balaban J connectivity index is 1.36. The first-order chi connectivity index (χ1) is 15.9. The Morgan fingerprint density at radius 2 is 1.42 bits per heavy atom. The van der Waals surface area contributed by atoms with Crippen molar-refractivity contribution in [3.05, 3.63) is 65.7 Å². The summed E-state index contributed by atoms with van der Waals surface area (Å²) in [6.45, 7) is 4.65. The minimum atomic E-state index is -0.892. The van der Waals surface area contributed by atoms with Gasteiger partial charge in [0.15, 0.2) is 0 Å². The molecule has 172 valence electrons. The van der Waals surface area contributed by atoms with Crippen molar-refractivity contribution in [1.82, 2.24) is 15.1 Å². The zero-order chi connectivity index (χ0) is 23.5. The molecule has 0 spiro atoms. The smallest absolute Gasteiger partial charge is 0.321 e. The van der Waals surface area contributed by atoms with Crippen molar-refractivity contribution in [2.75, 3.05) is 18.4 Å². The van der Waals surface area contributed by atoms with Gasteiger partial charge in [0.2, 0.25) is 5.91 Å². The molecule has 2 aliphatic heterocycles. The van der Waals surface area contributed by atoms with Crippen LogP contribution in [0.25, 0.3) is 0 Å². The van der Waals surface area contributed by atoms with Gasteiger partial charge in [-0.2, -0.15) is 0 Å². The first-order valence-corrected chi connectivity index (χ1v) is 11.2. The summed E-state index contributed by atoms with van der Waals surface area (Å²) in [5.41, 5.74) is 1.40. The maximum absolute atomic E-state index is 13.2. The van der Waals surface area contributed by atoms with Crippen LogP contribution >= 0.6 is 0 Å². The van der Waals surface area contributed by atoms with E-state index in [1.54, 1.807) is 29.2 Å². The van der Waals surface area contributed by atoms with Gasteiger partial charge in [-0.05, 0) is 43.0 Å². The second-order valence-corrected chi connectivity index (χ2v) is 8.78. The van der Waals surface area contributed by atoms with Gasteiger partial charge < -0.3 is 15.5 Å². The molecular formula is C25H28N4O4. The topological polar surface area (TPSA) is 98.8 Å². The van der Waals surface area contributed by atoms with Crippen molar-refractivity contribution in [2.45, 2.75) is 38.8 Å². The Morgan fingerprint density at radius 3 is 1.97 bits per heavy atom. The maximum Gasteiger partial charge on any atom is 0.321 e. The molecular weight excluding hydrogens is 420 g/mol. The first kappa shape index (κ1) is 22.5. The average molecular weight is 449 g/mol. The summed E-state index contributed by atoms with van der Waals surface area (Å²) in [7, 11) is 0. The molecule has 33 heavy (non-hydrogen) atoms. The highest BCUT2D eigenvalue weighted by atomic mass is 16.2. The zero-order valence-corrected chi connectivity index (χ0v) is 18.8. The summed E-state index contributed by atoms with van der Waals surface area (Å²) < 4.78 is 0. The standard InChI is InChI=1S/C25H28N4O4/c1-16(2)21(29-23(31)19-10-6-7-11-20(19)24(29)32)22(30)26-18-12-14-28(15-13-18)25(33)27-17-8-4-3-5-9-17/h3-11,16,18,21H,12-15H2,1-2H3,(H,26,30)(H,27,33). The lowest BCUT2D eigenvalue weighted by Gasteiger charge is -2.34. The number of nitrogens with one attached hydrogen (secondary N) is 2. The van der Waals surface area contributed by atoms with Crippen LogP contribution in [0.3, 0.4) is 0 Å². The molecule has 8 nitrogen and oxygen atoms in total. The lowest BCUT2D eigenvalue weighted by Crippen LogP contribution is -2.56. The molecule has 1 unspecified atom stereocenters. The van der Waals surface area contributed by atoms with Gasteiger partial charge >= 0.3 is 6.03 Å². The van der Waals surface area contributed by atoms with Gasteiger partial charge in [0.25, 0.3) is 11.8 Å². The van der Waals surface area contributed by atoms with Gasteiger partial charge in [-0.1, -0.05) is 44.2 Å². The van der Waals surface area contributed by atoms with Crippen molar-refractivity contribution < 1.29 is 19.2 Å². The molecule has 8 heteroatoms. The van der Waals surface area contributed by atoms with Crippen LogP contribution in [0, 0.1) is 5.92 Å². The first-order valence-electron chi connectivity index (χ1n) is 11.2. The molecule has 0 radical (unpaired) electrons. The number of hydrogen-bond acceptors (Lipinski definition) is 4. The van der Waals surface area contributed by atoms with Gasteiger partial charge in [0.1, 0.15) is 6.04 Å². The summed E-state index contributed by atoms with van der Waals surface area (Å²) in [4.78, 5) is 54.3. The van der Waals surface area contributed by atoms with Crippen LogP contribution in [0.2, 0.25) is 0 Å². The molecule has 1 saturated heterocycles. The van der Waals surface area contributed by atoms with Gasteiger partial charge in [0, 0.05) is 24.8 Å². The number of rotatable bonds is 5. The predicted octanol–water partition coefficient (Wildman–Crippen LogP) is 3.12. The number of imide groups is 1. The van der Waals surface area contributed by atoms with Crippen LogP contribution < -0.4 is 10.6 Å². The summed E-state index contributed by atoms with van der Waals surface area (Å²) in [5.74, 6) is -1.45. The number of hydrogen-bond donors (Lipinski definition) is 2. The van der Waals surface area contributed by atoms with Crippen molar-refractivity contribution in [3.8, 4) is 0 Å². The third-order valence-electron chi connectivity index (χ3n) is 6.16. The van der Waals surface area contributed by atoms with E-state index in [9.17, 15) is 19.2 Å². The highest BCUT2D eigenvalue weighted by Gasteiger charge is 2.44. The molecule has 0 saturated carbocycles. The molecule has 0 bridgehead atoms. The van der Waals surface area contributed by atoms with E-state index in [-0.39, 0.29) is 23.9 Å². The van der Waals surface area contributed by atoms with E-state index in [0.717, 1.165) is 10.6 Å². The van der Waals surface area contributed by atoms with Gasteiger partial charge in [-0.15, -0.1) is 0 Å².